The van der Waals surface area contributed by atoms with Gasteiger partial charge in [0.2, 0.25) is 5.91 Å². The molecule has 0 aromatic heterocycles. The van der Waals surface area contributed by atoms with Gasteiger partial charge in [-0.15, -0.1) is 0 Å². The van der Waals surface area contributed by atoms with Crippen LogP contribution in [0.5, 0.6) is 5.75 Å². The molecule has 0 aliphatic carbocycles. The van der Waals surface area contributed by atoms with Crippen molar-refractivity contribution in [2.45, 2.75) is 26.8 Å². The molecule has 5 nitrogen and oxygen atoms in total. The van der Waals surface area contributed by atoms with Crippen LogP contribution in [0.2, 0.25) is 0 Å². The number of benzene rings is 2. The molecule has 2 amide bonds. The average Bonchev–Trinajstić information content (AvgIpc) is 2.61. The summed E-state index contributed by atoms with van der Waals surface area (Å²) in [6, 6.07) is 14.7. The van der Waals surface area contributed by atoms with Gasteiger partial charge in [0.05, 0.1) is 19.2 Å². The highest BCUT2D eigenvalue weighted by molar-refractivity contribution is 5.97. The van der Waals surface area contributed by atoms with Crippen LogP contribution in [0.15, 0.2) is 48.5 Å². The summed E-state index contributed by atoms with van der Waals surface area (Å²) in [6.45, 7) is 6.25. The lowest BCUT2D eigenvalue weighted by Gasteiger charge is -2.15. The Labute approximate surface area is 148 Å². The van der Waals surface area contributed by atoms with Crippen LogP contribution < -0.4 is 15.4 Å². The van der Waals surface area contributed by atoms with Crippen molar-refractivity contribution in [3.05, 3.63) is 65.2 Å². The number of carbonyl (C=O) groups excluding carboxylic acids is 2. The number of ether oxygens (including phenoxy) is 1. The highest BCUT2D eigenvalue weighted by atomic mass is 16.5. The Morgan fingerprint density at radius 3 is 2.40 bits per heavy atom. The second-order valence-corrected chi connectivity index (χ2v) is 5.79. The van der Waals surface area contributed by atoms with Crippen molar-refractivity contribution in [2.75, 3.05) is 13.2 Å². The predicted molar refractivity (Wildman–Crippen MR) is 97.7 cm³/mol. The largest absolute Gasteiger partial charge is 0.494 e. The first-order valence-corrected chi connectivity index (χ1v) is 8.37. The van der Waals surface area contributed by atoms with Crippen molar-refractivity contribution in [1.29, 1.82) is 0 Å². The van der Waals surface area contributed by atoms with E-state index in [0.29, 0.717) is 12.2 Å². The van der Waals surface area contributed by atoms with Crippen LogP contribution in [0.3, 0.4) is 0 Å². The Bertz CT molecular complexity index is 726. The van der Waals surface area contributed by atoms with E-state index in [1.807, 2.05) is 57.2 Å². The second kappa shape index (κ2) is 8.87. The van der Waals surface area contributed by atoms with Gasteiger partial charge in [-0.1, -0.05) is 30.3 Å². The molecule has 2 aromatic rings. The van der Waals surface area contributed by atoms with Crippen molar-refractivity contribution in [3.8, 4) is 5.75 Å². The number of nitrogens with one attached hydrogen (secondary N) is 2. The van der Waals surface area contributed by atoms with E-state index in [4.69, 9.17) is 4.74 Å². The molecule has 0 radical (unpaired) electrons. The summed E-state index contributed by atoms with van der Waals surface area (Å²) in [5, 5.41) is 5.53. The van der Waals surface area contributed by atoms with Crippen molar-refractivity contribution in [1.82, 2.24) is 10.6 Å². The minimum Gasteiger partial charge on any atom is -0.494 e. The predicted octanol–water partition coefficient (Wildman–Crippen LogP) is 3.00. The number of hydrogen-bond acceptors (Lipinski definition) is 3. The molecule has 2 aromatic carbocycles. The van der Waals surface area contributed by atoms with Crippen LogP contribution in [0, 0.1) is 6.92 Å². The van der Waals surface area contributed by atoms with Crippen molar-refractivity contribution in [3.63, 3.8) is 0 Å². The molecule has 0 saturated carbocycles. The number of amides is 2. The monoisotopic (exact) mass is 340 g/mol. The van der Waals surface area contributed by atoms with Gasteiger partial charge in [0.1, 0.15) is 5.75 Å². The topological polar surface area (TPSA) is 67.4 Å². The van der Waals surface area contributed by atoms with Crippen LogP contribution in [0.1, 0.15) is 41.4 Å². The van der Waals surface area contributed by atoms with Gasteiger partial charge in [0.25, 0.3) is 5.91 Å². The third kappa shape index (κ3) is 5.35. The van der Waals surface area contributed by atoms with Crippen LogP contribution in [0.25, 0.3) is 0 Å². The van der Waals surface area contributed by atoms with Crippen LogP contribution in [-0.4, -0.2) is 25.0 Å². The van der Waals surface area contributed by atoms with Gasteiger partial charge in [0.15, 0.2) is 0 Å². The standard InChI is InChI=1S/C20H24N2O3/c1-4-25-17-11-9-16(10-12-17)15(3)22-19(23)13-21-20(24)18-8-6-5-7-14(18)2/h5-12,15H,4,13H2,1-3H3,(H,21,24)(H,22,23). The third-order valence-corrected chi connectivity index (χ3v) is 3.87. The molecule has 0 aliphatic rings. The van der Waals surface area contributed by atoms with Crippen molar-refractivity contribution < 1.29 is 14.3 Å². The molecule has 5 heteroatoms. The van der Waals surface area contributed by atoms with E-state index in [0.717, 1.165) is 16.9 Å². The molecule has 0 aliphatic heterocycles. The van der Waals surface area contributed by atoms with E-state index in [-0.39, 0.29) is 24.4 Å². The van der Waals surface area contributed by atoms with E-state index in [2.05, 4.69) is 10.6 Å². The summed E-state index contributed by atoms with van der Waals surface area (Å²) in [6.07, 6.45) is 0. The SMILES string of the molecule is CCOc1ccc(C(C)NC(=O)CNC(=O)c2ccccc2C)cc1. The fourth-order valence-electron chi connectivity index (χ4n) is 2.48. The Balaban J connectivity index is 1.85. The van der Waals surface area contributed by atoms with Crippen LogP contribution in [0.4, 0.5) is 0 Å². The Hall–Kier alpha value is -2.82. The minimum absolute atomic E-state index is 0.0610. The Morgan fingerprint density at radius 2 is 1.76 bits per heavy atom. The van der Waals surface area contributed by atoms with Gasteiger partial charge in [0, 0.05) is 5.56 Å². The molecule has 25 heavy (non-hydrogen) atoms. The molecule has 132 valence electrons. The lowest BCUT2D eigenvalue weighted by atomic mass is 10.1. The number of rotatable bonds is 7. The fourth-order valence-corrected chi connectivity index (χ4v) is 2.48. The highest BCUT2D eigenvalue weighted by Gasteiger charge is 2.12. The van der Waals surface area contributed by atoms with Gasteiger partial charge in [-0.25, -0.2) is 0 Å². The molecule has 0 fully saturated rings. The van der Waals surface area contributed by atoms with Crippen molar-refractivity contribution in [2.24, 2.45) is 0 Å². The number of aryl methyl sites for hydroxylation is 1. The molecule has 1 atom stereocenters. The van der Waals surface area contributed by atoms with Crippen molar-refractivity contribution >= 4 is 11.8 Å². The molecular weight excluding hydrogens is 316 g/mol. The molecular formula is C20H24N2O3. The lowest BCUT2D eigenvalue weighted by Crippen LogP contribution is -2.38. The molecule has 1 unspecified atom stereocenters. The first-order valence-electron chi connectivity index (χ1n) is 8.37. The second-order valence-electron chi connectivity index (χ2n) is 5.79. The molecule has 0 bridgehead atoms. The summed E-state index contributed by atoms with van der Waals surface area (Å²) in [5.41, 5.74) is 2.43. The maximum atomic E-state index is 12.1. The molecule has 0 heterocycles. The third-order valence-electron chi connectivity index (χ3n) is 3.87. The highest BCUT2D eigenvalue weighted by Crippen LogP contribution is 2.17. The summed E-state index contributed by atoms with van der Waals surface area (Å²) in [4.78, 5) is 24.2. The summed E-state index contributed by atoms with van der Waals surface area (Å²) < 4.78 is 5.40. The maximum absolute atomic E-state index is 12.1. The van der Waals surface area contributed by atoms with Gasteiger partial charge in [-0.3, -0.25) is 9.59 Å². The fraction of sp³-hybridized carbons (Fsp3) is 0.300. The van der Waals surface area contributed by atoms with Gasteiger partial charge in [-0.2, -0.15) is 0 Å². The first-order chi connectivity index (χ1) is 12.0. The van der Waals surface area contributed by atoms with Crippen LogP contribution >= 0.6 is 0 Å². The minimum atomic E-state index is -0.248. The Morgan fingerprint density at radius 1 is 1.08 bits per heavy atom. The lowest BCUT2D eigenvalue weighted by molar-refractivity contribution is -0.120. The quantitative estimate of drug-likeness (QED) is 0.814. The molecule has 2 N–H and O–H groups in total. The van der Waals surface area contributed by atoms with Gasteiger partial charge in [-0.05, 0) is 50.1 Å². The molecule has 0 spiro atoms. The van der Waals surface area contributed by atoms with E-state index in [9.17, 15) is 9.59 Å². The van der Waals surface area contributed by atoms with E-state index in [1.54, 1.807) is 12.1 Å². The normalized spacial score (nSPS) is 11.5. The smallest absolute Gasteiger partial charge is 0.251 e. The summed E-state index contributed by atoms with van der Waals surface area (Å²) >= 11 is 0. The Kier molecular flexibility index (Phi) is 6.57. The number of hydrogen-bond donors (Lipinski definition) is 2. The summed E-state index contributed by atoms with van der Waals surface area (Å²) in [7, 11) is 0. The van der Waals surface area contributed by atoms with E-state index < -0.39 is 0 Å². The molecule has 2 rings (SSSR count). The number of carbonyl (C=O) groups is 2. The maximum Gasteiger partial charge on any atom is 0.251 e. The van der Waals surface area contributed by atoms with E-state index in [1.165, 1.54) is 0 Å². The van der Waals surface area contributed by atoms with Crippen LogP contribution in [-0.2, 0) is 4.79 Å². The zero-order valence-corrected chi connectivity index (χ0v) is 14.8. The molecule has 0 saturated heterocycles. The van der Waals surface area contributed by atoms with Gasteiger partial charge >= 0.3 is 0 Å². The zero-order valence-electron chi connectivity index (χ0n) is 14.8. The average molecular weight is 340 g/mol. The first kappa shape index (κ1) is 18.5. The van der Waals surface area contributed by atoms with E-state index >= 15 is 0 Å². The zero-order chi connectivity index (χ0) is 18.2. The summed E-state index contributed by atoms with van der Waals surface area (Å²) in [5.74, 6) is 0.320. The van der Waals surface area contributed by atoms with Gasteiger partial charge < -0.3 is 15.4 Å².